The van der Waals surface area contributed by atoms with Gasteiger partial charge in [-0.15, -0.1) is 13.2 Å². The number of nitrogens with zero attached hydrogens (tertiary/aromatic N) is 2. The smallest absolute Gasteiger partial charge is 0.465 e. The molecule has 1 unspecified atom stereocenters. The fourth-order valence-electron chi connectivity index (χ4n) is 3.46. The van der Waals surface area contributed by atoms with E-state index >= 15 is 0 Å². The maximum Gasteiger partial charge on any atom is 0.573 e. The minimum Gasteiger partial charge on any atom is -0.465 e. The lowest BCUT2D eigenvalue weighted by molar-refractivity contribution is -0.274. The van der Waals surface area contributed by atoms with Crippen molar-refractivity contribution >= 4 is 6.09 Å². The molecule has 150 valence electrons. The van der Waals surface area contributed by atoms with Gasteiger partial charge < -0.3 is 14.7 Å². The van der Waals surface area contributed by atoms with E-state index in [1.165, 1.54) is 17.0 Å². The van der Waals surface area contributed by atoms with E-state index in [2.05, 4.69) is 9.64 Å². The van der Waals surface area contributed by atoms with Crippen LogP contribution in [0.15, 0.2) is 54.6 Å². The summed E-state index contributed by atoms with van der Waals surface area (Å²) in [4.78, 5) is 14.6. The number of carboxylic acid groups (broad SMARTS) is 1. The number of halogens is 3. The summed E-state index contributed by atoms with van der Waals surface area (Å²) in [5, 5.41) is 9.14. The summed E-state index contributed by atoms with van der Waals surface area (Å²) in [5.41, 5.74) is 1.42. The Kier molecular flexibility index (Phi) is 6.08. The fourth-order valence-corrected chi connectivity index (χ4v) is 3.46. The fraction of sp³-hybridized carbons (Fsp3) is 0.350. The van der Waals surface area contributed by atoms with E-state index in [1.54, 1.807) is 12.1 Å². The Morgan fingerprint density at radius 3 is 2.21 bits per heavy atom. The first-order valence-corrected chi connectivity index (χ1v) is 8.94. The van der Waals surface area contributed by atoms with Gasteiger partial charge in [0.2, 0.25) is 0 Å². The molecule has 2 aromatic rings. The average molecular weight is 394 g/mol. The molecule has 0 bridgehead atoms. The second-order valence-electron chi connectivity index (χ2n) is 6.59. The van der Waals surface area contributed by atoms with Gasteiger partial charge in [-0.25, -0.2) is 4.79 Å². The first-order chi connectivity index (χ1) is 13.3. The summed E-state index contributed by atoms with van der Waals surface area (Å²) in [5.74, 6) is -0.208. The standard InChI is InChI=1S/C20H21F3N2O3/c21-20(22,23)28-18-9-5-4-8-16(18)14-17(15-6-2-1-3-7-15)24-10-12-25(13-11-24)19(26)27/h1-9,17H,10-14H2,(H,26,27). The van der Waals surface area contributed by atoms with Gasteiger partial charge >= 0.3 is 12.5 Å². The molecule has 1 fully saturated rings. The van der Waals surface area contributed by atoms with Crippen LogP contribution >= 0.6 is 0 Å². The molecule has 0 aliphatic carbocycles. The zero-order valence-electron chi connectivity index (χ0n) is 15.1. The molecule has 1 amide bonds. The molecule has 3 rings (SSSR count). The van der Waals surface area contributed by atoms with E-state index in [0.29, 0.717) is 38.2 Å². The molecule has 1 atom stereocenters. The lowest BCUT2D eigenvalue weighted by atomic mass is 9.96. The van der Waals surface area contributed by atoms with Crippen molar-refractivity contribution < 1.29 is 27.8 Å². The van der Waals surface area contributed by atoms with Crippen molar-refractivity contribution in [2.45, 2.75) is 18.8 Å². The number of hydrogen-bond donors (Lipinski definition) is 1. The van der Waals surface area contributed by atoms with E-state index < -0.39 is 12.5 Å². The highest BCUT2D eigenvalue weighted by Gasteiger charge is 2.33. The molecule has 1 saturated heterocycles. The predicted molar refractivity (Wildman–Crippen MR) is 97.2 cm³/mol. The van der Waals surface area contributed by atoms with Crippen LogP contribution in [0.25, 0.3) is 0 Å². The summed E-state index contributed by atoms with van der Waals surface area (Å²) < 4.78 is 42.5. The third kappa shape index (κ3) is 5.16. The predicted octanol–water partition coefficient (Wildman–Crippen LogP) is 4.16. The lowest BCUT2D eigenvalue weighted by Gasteiger charge is -2.38. The third-order valence-electron chi connectivity index (χ3n) is 4.82. The third-order valence-corrected chi connectivity index (χ3v) is 4.82. The van der Waals surface area contributed by atoms with Crippen molar-refractivity contribution in [2.24, 2.45) is 0 Å². The van der Waals surface area contributed by atoms with Gasteiger partial charge in [0, 0.05) is 32.2 Å². The Morgan fingerprint density at radius 2 is 1.61 bits per heavy atom. The summed E-state index contributed by atoms with van der Waals surface area (Å²) >= 11 is 0. The summed E-state index contributed by atoms with van der Waals surface area (Å²) in [6, 6.07) is 15.5. The summed E-state index contributed by atoms with van der Waals surface area (Å²) in [6.45, 7) is 1.74. The number of rotatable bonds is 5. The van der Waals surface area contributed by atoms with Gasteiger partial charge in [0.25, 0.3) is 0 Å². The Hall–Kier alpha value is -2.74. The first kappa shape index (κ1) is 20.0. The maximum atomic E-state index is 12.8. The Labute approximate surface area is 160 Å². The Bertz CT molecular complexity index is 791. The van der Waals surface area contributed by atoms with Crippen LogP contribution in [0.2, 0.25) is 0 Å². The maximum absolute atomic E-state index is 12.8. The number of amides is 1. The zero-order valence-corrected chi connectivity index (χ0v) is 15.1. The molecule has 5 nitrogen and oxygen atoms in total. The van der Waals surface area contributed by atoms with Gasteiger partial charge in [-0.1, -0.05) is 48.5 Å². The summed E-state index contributed by atoms with van der Waals surface area (Å²) in [7, 11) is 0. The number of alkyl halides is 3. The Balaban J connectivity index is 1.85. The van der Waals surface area contributed by atoms with Gasteiger partial charge in [0.05, 0.1) is 0 Å². The minimum absolute atomic E-state index is 0.185. The lowest BCUT2D eigenvalue weighted by Crippen LogP contribution is -2.49. The molecule has 1 aliphatic heterocycles. The van der Waals surface area contributed by atoms with Crippen LogP contribution in [0.5, 0.6) is 5.75 Å². The van der Waals surface area contributed by atoms with Gasteiger partial charge in [0.15, 0.2) is 0 Å². The molecule has 1 N–H and O–H groups in total. The van der Waals surface area contributed by atoms with E-state index in [0.717, 1.165) is 5.56 Å². The molecular formula is C20H21F3N2O3. The van der Waals surface area contributed by atoms with Crippen LogP contribution in [0.1, 0.15) is 17.2 Å². The molecule has 28 heavy (non-hydrogen) atoms. The molecule has 8 heteroatoms. The van der Waals surface area contributed by atoms with Gasteiger partial charge in [-0.3, -0.25) is 4.90 Å². The van der Waals surface area contributed by atoms with E-state index in [9.17, 15) is 18.0 Å². The molecule has 0 radical (unpaired) electrons. The van der Waals surface area contributed by atoms with Crippen molar-refractivity contribution in [3.8, 4) is 5.75 Å². The molecule has 1 heterocycles. The van der Waals surface area contributed by atoms with E-state index in [-0.39, 0.29) is 11.8 Å². The van der Waals surface area contributed by atoms with Gasteiger partial charge in [-0.2, -0.15) is 0 Å². The SMILES string of the molecule is O=C(O)N1CCN(C(Cc2ccccc2OC(F)(F)F)c2ccccc2)CC1. The number of hydrogen-bond acceptors (Lipinski definition) is 3. The van der Waals surface area contributed by atoms with Crippen LogP contribution in [-0.4, -0.2) is 53.5 Å². The molecule has 0 aromatic heterocycles. The normalized spacial score (nSPS) is 16.6. The monoisotopic (exact) mass is 394 g/mol. The van der Waals surface area contributed by atoms with Crippen molar-refractivity contribution in [1.82, 2.24) is 9.80 Å². The van der Waals surface area contributed by atoms with Crippen LogP contribution in [-0.2, 0) is 6.42 Å². The van der Waals surface area contributed by atoms with E-state index in [4.69, 9.17) is 5.11 Å². The molecule has 0 saturated carbocycles. The van der Waals surface area contributed by atoms with Crippen LogP contribution in [0.3, 0.4) is 0 Å². The summed E-state index contributed by atoms with van der Waals surface area (Å²) in [6.07, 6.45) is -5.39. The highest BCUT2D eigenvalue weighted by molar-refractivity contribution is 5.65. The quantitative estimate of drug-likeness (QED) is 0.827. The number of para-hydroxylation sites is 1. The second kappa shape index (κ2) is 8.52. The van der Waals surface area contributed by atoms with Crippen molar-refractivity contribution in [3.63, 3.8) is 0 Å². The average Bonchev–Trinajstić information content (AvgIpc) is 2.67. The second-order valence-corrected chi connectivity index (χ2v) is 6.59. The Morgan fingerprint density at radius 1 is 1.00 bits per heavy atom. The number of benzene rings is 2. The van der Waals surface area contributed by atoms with Crippen LogP contribution in [0, 0.1) is 0 Å². The van der Waals surface area contributed by atoms with Gasteiger partial charge in [-0.05, 0) is 23.6 Å². The van der Waals surface area contributed by atoms with Gasteiger partial charge in [0.1, 0.15) is 5.75 Å². The first-order valence-electron chi connectivity index (χ1n) is 8.94. The van der Waals surface area contributed by atoms with Crippen molar-refractivity contribution in [2.75, 3.05) is 26.2 Å². The molecule has 0 spiro atoms. The minimum atomic E-state index is -4.76. The highest BCUT2D eigenvalue weighted by atomic mass is 19.4. The van der Waals surface area contributed by atoms with Crippen molar-refractivity contribution in [1.29, 1.82) is 0 Å². The van der Waals surface area contributed by atoms with Crippen LogP contribution < -0.4 is 4.74 Å². The number of piperazine rings is 1. The molecule has 1 aliphatic rings. The molecular weight excluding hydrogens is 373 g/mol. The van der Waals surface area contributed by atoms with Crippen molar-refractivity contribution in [3.05, 3.63) is 65.7 Å². The molecule has 2 aromatic carbocycles. The highest BCUT2D eigenvalue weighted by Crippen LogP contribution is 2.32. The van der Waals surface area contributed by atoms with E-state index in [1.807, 2.05) is 30.3 Å². The van der Waals surface area contributed by atoms with Crippen LogP contribution in [0.4, 0.5) is 18.0 Å². The topological polar surface area (TPSA) is 53.0 Å². The largest absolute Gasteiger partial charge is 0.573 e. The zero-order chi connectivity index (χ0) is 20.1. The number of ether oxygens (including phenoxy) is 1. The number of carbonyl (C=O) groups is 1.